The molecule has 0 bridgehead atoms. The molecule has 0 spiro atoms. The summed E-state index contributed by atoms with van der Waals surface area (Å²) in [6.45, 7) is 0.687. The second-order valence-electron chi connectivity index (χ2n) is 3.27. The quantitative estimate of drug-likeness (QED) is 0.849. The van der Waals surface area contributed by atoms with E-state index < -0.39 is 0 Å². The van der Waals surface area contributed by atoms with Gasteiger partial charge in [-0.1, -0.05) is 6.07 Å². The molecule has 0 atom stereocenters. The first-order chi connectivity index (χ1) is 7.75. The minimum Gasteiger partial charge on any atom is -0.398 e. The van der Waals surface area contributed by atoms with Gasteiger partial charge in [0.1, 0.15) is 0 Å². The molecular weight excluding hydrogens is 240 g/mol. The Morgan fingerprint density at radius 1 is 1.38 bits per heavy atom. The third kappa shape index (κ3) is 2.90. The van der Waals surface area contributed by atoms with Crippen LogP contribution in [-0.4, -0.2) is 10.3 Å². The Hall–Kier alpha value is -1.20. The summed E-state index contributed by atoms with van der Waals surface area (Å²) >= 11 is 3.47. The molecular formula is C11H12N2OS2. The Bertz CT molecular complexity index is 505. The van der Waals surface area contributed by atoms with Gasteiger partial charge in [0.2, 0.25) is 0 Å². The van der Waals surface area contributed by atoms with E-state index in [0.717, 1.165) is 5.75 Å². The predicted molar refractivity (Wildman–Crippen MR) is 70.2 cm³/mol. The Balaban J connectivity index is 1.94. The minimum atomic E-state index is 0.000907. The van der Waals surface area contributed by atoms with Gasteiger partial charge in [0, 0.05) is 30.2 Å². The summed E-state index contributed by atoms with van der Waals surface area (Å²) in [5.41, 5.74) is 6.26. The first kappa shape index (κ1) is 11.3. The average Bonchev–Trinajstić information content (AvgIpc) is 2.76. The molecule has 2 aromatic rings. The van der Waals surface area contributed by atoms with Crippen LogP contribution in [0.5, 0.6) is 0 Å². The monoisotopic (exact) mass is 252 g/mol. The highest BCUT2D eigenvalue weighted by atomic mass is 32.2. The fraction of sp³-hybridized carbons (Fsp3) is 0.182. The van der Waals surface area contributed by atoms with Gasteiger partial charge in [0.15, 0.2) is 0 Å². The lowest BCUT2D eigenvalue weighted by molar-refractivity contribution is 0.737. The summed E-state index contributed by atoms with van der Waals surface area (Å²) in [6.07, 6.45) is 1.69. The van der Waals surface area contributed by atoms with E-state index >= 15 is 0 Å². The Morgan fingerprint density at radius 2 is 2.25 bits per heavy atom. The second kappa shape index (κ2) is 5.23. The van der Waals surface area contributed by atoms with Gasteiger partial charge in [-0.3, -0.25) is 4.79 Å². The van der Waals surface area contributed by atoms with Gasteiger partial charge in [-0.15, -0.1) is 23.1 Å². The van der Waals surface area contributed by atoms with Gasteiger partial charge in [0.05, 0.1) is 4.21 Å². The van der Waals surface area contributed by atoms with E-state index in [9.17, 15) is 4.79 Å². The van der Waals surface area contributed by atoms with Crippen molar-refractivity contribution >= 4 is 28.8 Å². The van der Waals surface area contributed by atoms with E-state index in [-0.39, 0.29) is 5.56 Å². The van der Waals surface area contributed by atoms with Crippen LogP contribution in [0.2, 0.25) is 0 Å². The molecule has 84 valence electrons. The number of nitrogens with two attached hydrogens (primary N) is 1. The fourth-order valence-corrected chi connectivity index (χ4v) is 3.12. The van der Waals surface area contributed by atoms with Crippen molar-refractivity contribution < 1.29 is 0 Å². The van der Waals surface area contributed by atoms with E-state index in [1.54, 1.807) is 39.9 Å². The average molecular weight is 252 g/mol. The van der Waals surface area contributed by atoms with Crippen LogP contribution in [0.4, 0.5) is 5.69 Å². The summed E-state index contributed by atoms with van der Waals surface area (Å²) in [4.78, 5) is 11.5. The standard InChI is InChI=1S/C11H12N2OS2/c12-9-3-4-10(14)13(8-9)5-7-16-11-2-1-6-15-11/h1-4,6,8H,5,7,12H2. The molecule has 16 heavy (non-hydrogen) atoms. The van der Waals surface area contributed by atoms with Crippen molar-refractivity contribution in [3.8, 4) is 0 Å². The maximum atomic E-state index is 11.5. The molecule has 0 amide bonds. The van der Waals surface area contributed by atoms with Crippen LogP contribution in [0.1, 0.15) is 0 Å². The third-order valence-corrected chi connectivity index (χ3v) is 4.19. The zero-order chi connectivity index (χ0) is 11.4. The molecule has 2 N–H and O–H groups in total. The molecule has 0 fully saturated rings. The highest BCUT2D eigenvalue weighted by Crippen LogP contribution is 2.23. The Kier molecular flexibility index (Phi) is 3.69. The molecule has 0 aliphatic rings. The van der Waals surface area contributed by atoms with Crippen LogP contribution in [0.15, 0.2) is 44.8 Å². The number of pyridine rings is 1. The topological polar surface area (TPSA) is 48.0 Å². The maximum Gasteiger partial charge on any atom is 0.250 e. The number of nitrogen functional groups attached to an aromatic ring is 1. The molecule has 0 radical (unpaired) electrons. The molecule has 3 nitrogen and oxygen atoms in total. The van der Waals surface area contributed by atoms with Crippen LogP contribution in [0, 0.1) is 0 Å². The number of hydrogen-bond acceptors (Lipinski definition) is 4. The number of hydrogen-bond donors (Lipinski definition) is 1. The minimum absolute atomic E-state index is 0.000907. The van der Waals surface area contributed by atoms with Gasteiger partial charge in [0.25, 0.3) is 5.56 Å². The van der Waals surface area contributed by atoms with Crippen molar-refractivity contribution in [2.45, 2.75) is 10.8 Å². The number of nitrogens with zero attached hydrogens (tertiary/aromatic N) is 1. The van der Waals surface area contributed by atoms with E-state index in [1.165, 1.54) is 10.3 Å². The molecule has 5 heteroatoms. The molecule has 0 unspecified atom stereocenters. The van der Waals surface area contributed by atoms with Crippen LogP contribution < -0.4 is 11.3 Å². The summed E-state index contributed by atoms with van der Waals surface area (Å²) in [5, 5.41) is 2.05. The lowest BCUT2D eigenvalue weighted by Crippen LogP contribution is -2.19. The molecule has 0 aliphatic carbocycles. The predicted octanol–water partition coefficient (Wildman–Crippen LogP) is 2.28. The van der Waals surface area contributed by atoms with Crippen molar-refractivity contribution in [2.75, 3.05) is 11.5 Å². The highest BCUT2D eigenvalue weighted by Gasteiger charge is 1.98. The highest BCUT2D eigenvalue weighted by molar-refractivity contribution is 8.01. The molecule has 0 saturated carbocycles. The second-order valence-corrected chi connectivity index (χ2v) is 5.62. The summed E-state index contributed by atoms with van der Waals surface area (Å²) in [6, 6.07) is 7.24. The summed E-state index contributed by atoms with van der Waals surface area (Å²) < 4.78 is 2.92. The smallest absolute Gasteiger partial charge is 0.250 e. The van der Waals surface area contributed by atoms with Crippen molar-refractivity contribution in [2.24, 2.45) is 0 Å². The normalized spacial score (nSPS) is 10.5. The first-order valence-corrected chi connectivity index (χ1v) is 6.74. The van der Waals surface area contributed by atoms with Crippen LogP contribution in [0.25, 0.3) is 0 Å². The lowest BCUT2D eigenvalue weighted by atomic mass is 10.4. The number of aromatic nitrogens is 1. The van der Waals surface area contributed by atoms with E-state index in [4.69, 9.17) is 5.73 Å². The summed E-state index contributed by atoms with van der Waals surface area (Å²) in [5.74, 6) is 0.879. The molecule has 0 saturated heterocycles. The van der Waals surface area contributed by atoms with Gasteiger partial charge in [-0.2, -0.15) is 0 Å². The molecule has 2 heterocycles. The van der Waals surface area contributed by atoms with Gasteiger partial charge in [-0.05, 0) is 17.5 Å². The van der Waals surface area contributed by atoms with Crippen molar-refractivity contribution in [1.29, 1.82) is 0 Å². The zero-order valence-corrected chi connectivity index (χ0v) is 10.3. The number of thioether (sulfide) groups is 1. The van der Waals surface area contributed by atoms with Crippen molar-refractivity contribution in [3.63, 3.8) is 0 Å². The number of aryl methyl sites for hydroxylation is 1. The Morgan fingerprint density at radius 3 is 3.00 bits per heavy atom. The van der Waals surface area contributed by atoms with Crippen molar-refractivity contribution in [1.82, 2.24) is 4.57 Å². The number of thiophene rings is 1. The number of rotatable bonds is 4. The maximum absolute atomic E-state index is 11.5. The van der Waals surface area contributed by atoms with Gasteiger partial charge in [-0.25, -0.2) is 0 Å². The first-order valence-electron chi connectivity index (χ1n) is 4.88. The van der Waals surface area contributed by atoms with E-state index in [0.29, 0.717) is 12.2 Å². The molecule has 2 rings (SSSR count). The van der Waals surface area contributed by atoms with E-state index in [2.05, 4.69) is 11.4 Å². The fourth-order valence-electron chi connectivity index (χ4n) is 1.31. The van der Waals surface area contributed by atoms with Crippen LogP contribution >= 0.6 is 23.1 Å². The van der Waals surface area contributed by atoms with Gasteiger partial charge >= 0.3 is 0 Å². The Labute approximate surface area is 102 Å². The molecule has 0 aromatic carbocycles. The molecule has 2 aromatic heterocycles. The van der Waals surface area contributed by atoms with Crippen LogP contribution in [-0.2, 0) is 6.54 Å². The largest absolute Gasteiger partial charge is 0.398 e. The lowest BCUT2D eigenvalue weighted by Gasteiger charge is -2.05. The zero-order valence-electron chi connectivity index (χ0n) is 8.63. The van der Waals surface area contributed by atoms with Crippen LogP contribution in [0.3, 0.4) is 0 Å². The van der Waals surface area contributed by atoms with Crippen molar-refractivity contribution in [3.05, 3.63) is 46.2 Å². The summed E-state index contributed by atoms with van der Waals surface area (Å²) in [7, 11) is 0. The van der Waals surface area contributed by atoms with E-state index in [1.807, 2.05) is 6.07 Å². The van der Waals surface area contributed by atoms with Gasteiger partial charge < -0.3 is 10.3 Å². The third-order valence-electron chi connectivity index (χ3n) is 2.08. The molecule has 0 aliphatic heterocycles. The SMILES string of the molecule is Nc1ccc(=O)n(CCSc2cccs2)c1. The number of anilines is 1.